The molecule has 0 heterocycles. The van der Waals surface area contributed by atoms with Gasteiger partial charge in [0.2, 0.25) is 0 Å². The predicted octanol–water partition coefficient (Wildman–Crippen LogP) is 4.11. The minimum Gasteiger partial charge on any atom is -0.330 e. The van der Waals surface area contributed by atoms with E-state index in [1.165, 1.54) is 12.1 Å². The molecule has 1 rings (SSSR count). The van der Waals surface area contributed by atoms with Gasteiger partial charge in [-0.2, -0.15) is 0 Å². The summed E-state index contributed by atoms with van der Waals surface area (Å²) in [7, 11) is 0. The van der Waals surface area contributed by atoms with Crippen molar-refractivity contribution in [3.8, 4) is 0 Å². The minimum absolute atomic E-state index is 0.00739. The quantitative estimate of drug-likeness (QED) is 0.813. The molecule has 1 nitrogen and oxygen atoms in total. The lowest BCUT2D eigenvalue weighted by molar-refractivity contribution is -0.0140. The van der Waals surface area contributed by atoms with Crippen LogP contribution in [0.5, 0.6) is 0 Å². The summed E-state index contributed by atoms with van der Waals surface area (Å²) in [5, 5.41) is 0. The summed E-state index contributed by atoms with van der Waals surface area (Å²) in [6, 6.07) is 6.65. The van der Waals surface area contributed by atoms with Crippen LogP contribution in [0.1, 0.15) is 44.7 Å². The second-order valence-corrected chi connectivity index (χ2v) is 5.70. The summed E-state index contributed by atoms with van der Waals surface area (Å²) < 4.78 is 27.3. The van der Waals surface area contributed by atoms with E-state index in [0.29, 0.717) is 13.0 Å². The Morgan fingerprint density at radius 3 is 2.11 bits per heavy atom. The van der Waals surface area contributed by atoms with Crippen LogP contribution >= 0.6 is 0 Å². The SMILES string of the molecule is CCCC(F)(F)c1ccc(CC(C)(C)CN)cc1. The predicted molar refractivity (Wildman–Crippen MR) is 71.8 cm³/mol. The molecular weight excluding hydrogens is 232 g/mol. The van der Waals surface area contributed by atoms with Crippen LogP contribution in [-0.2, 0) is 12.3 Å². The van der Waals surface area contributed by atoms with Gasteiger partial charge in [-0.3, -0.25) is 0 Å². The van der Waals surface area contributed by atoms with E-state index in [-0.39, 0.29) is 17.4 Å². The Morgan fingerprint density at radius 2 is 1.67 bits per heavy atom. The Morgan fingerprint density at radius 1 is 1.11 bits per heavy atom. The van der Waals surface area contributed by atoms with E-state index in [0.717, 1.165) is 12.0 Å². The van der Waals surface area contributed by atoms with Gasteiger partial charge < -0.3 is 5.73 Å². The van der Waals surface area contributed by atoms with Gasteiger partial charge in [-0.05, 0) is 23.9 Å². The average Bonchev–Trinajstić information content (AvgIpc) is 2.29. The lowest BCUT2D eigenvalue weighted by atomic mass is 9.85. The number of alkyl halides is 2. The number of benzene rings is 1. The van der Waals surface area contributed by atoms with Crippen LogP contribution < -0.4 is 5.73 Å². The second kappa shape index (κ2) is 5.79. The van der Waals surface area contributed by atoms with Crippen LogP contribution in [0.15, 0.2) is 24.3 Å². The van der Waals surface area contributed by atoms with E-state index in [9.17, 15) is 8.78 Å². The molecule has 18 heavy (non-hydrogen) atoms. The highest BCUT2D eigenvalue weighted by molar-refractivity contribution is 5.26. The van der Waals surface area contributed by atoms with Gasteiger partial charge in [-0.25, -0.2) is 8.78 Å². The van der Waals surface area contributed by atoms with E-state index in [1.807, 2.05) is 0 Å². The van der Waals surface area contributed by atoms with E-state index in [2.05, 4.69) is 13.8 Å². The second-order valence-electron chi connectivity index (χ2n) is 5.70. The van der Waals surface area contributed by atoms with Crippen molar-refractivity contribution < 1.29 is 8.78 Å². The molecule has 0 aliphatic rings. The van der Waals surface area contributed by atoms with Gasteiger partial charge >= 0.3 is 0 Å². The van der Waals surface area contributed by atoms with Crippen LogP contribution in [0.25, 0.3) is 0 Å². The monoisotopic (exact) mass is 255 g/mol. The third-order valence-corrected chi connectivity index (χ3v) is 3.18. The molecule has 0 aliphatic heterocycles. The molecule has 0 saturated heterocycles. The first-order valence-corrected chi connectivity index (χ1v) is 6.48. The van der Waals surface area contributed by atoms with Gasteiger partial charge in [0.1, 0.15) is 0 Å². The van der Waals surface area contributed by atoms with Crippen LogP contribution in [0.2, 0.25) is 0 Å². The van der Waals surface area contributed by atoms with Crippen molar-refractivity contribution in [1.29, 1.82) is 0 Å². The number of hydrogen-bond donors (Lipinski definition) is 1. The van der Waals surface area contributed by atoms with Gasteiger partial charge in [-0.1, -0.05) is 51.5 Å². The van der Waals surface area contributed by atoms with Crippen molar-refractivity contribution in [2.24, 2.45) is 11.1 Å². The molecule has 0 bridgehead atoms. The maximum absolute atomic E-state index is 13.7. The Labute approximate surface area is 108 Å². The Hall–Kier alpha value is -0.960. The standard InChI is InChI=1S/C15H23F2N/c1-4-9-15(16,17)13-7-5-12(6-8-13)10-14(2,3)11-18/h5-8H,4,9-11,18H2,1-3H3. The first-order valence-electron chi connectivity index (χ1n) is 6.48. The van der Waals surface area contributed by atoms with Gasteiger partial charge in [-0.15, -0.1) is 0 Å². The fourth-order valence-corrected chi connectivity index (χ4v) is 1.95. The summed E-state index contributed by atoms with van der Waals surface area (Å²) in [6.45, 7) is 6.51. The summed E-state index contributed by atoms with van der Waals surface area (Å²) >= 11 is 0. The highest BCUT2D eigenvalue weighted by Gasteiger charge is 2.30. The van der Waals surface area contributed by atoms with Crippen molar-refractivity contribution in [2.45, 2.75) is 46.0 Å². The summed E-state index contributed by atoms with van der Waals surface area (Å²) in [5.41, 5.74) is 6.85. The molecule has 0 aromatic heterocycles. The Balaban J connectivity index is 2.80. The molecule has 1 aromatic carbocycles. The van der Waals surface area contributed by atoms with E-state index in [1.54, 1.807) is 19.1 Å². The minimum atomic E-state index is -2.71. The zero-order valence-corrected chi connectivity index (χ0v) is 11.5. The molecule has 102 valence electrons. The Bertz CT molecular complexity index is 369. The molecule has 3 heteroatoms. The smallest absolute Gasteiger partial charge is 0.273 e. The van der Waals surface area contributed by atoms with Crippen LogP contribution in [0.4, 0.5) is 8.78 Å². The number of halogens is 2. The van der Waals surface area contributed by atoms with Crippen molar-refractivity contribution >= 4 is 0 Å². The summed E-state index contributed by atoms with van der Waals surface area (Å²) in [5.74, 6) is -2.71. The molecular formula is C15H23F2N. The zero-order valence-electron chi connectivity index (χ0n) is 11.5. The molecule has 0 saturated carbocycles. The number of rotatable bonds is 6. The maximum Gasteiger partial charge on any atom is 0.273 e. The third-order valence-electron chi connectivity index (χ3n) is 3.18. The number of nitrogens with two attached hydrogens (primary N) is 1. The molecule has 0 amide bonds. The molecule has 0 fully saturated rings. The van der Waals surface area contributed by atoms with Crippen LogP contribution in [-0.4, -0.2) is 6.54 Å². The van der Waals surface area contributed by atoms with Crippen LogP contribution in [0, 0.1) is 5.41 Å². The van der Waals surface area contributed by atoms with Crippen molar-refractivity contribution in [3.63, 3.8) is 0 Å². The molecule has 0 spiro atoms. The maximum atomic E-state index is 13.7. The van der Waals surface area contributed by atoms with E-state index in [4.69, 9.17) is 5.73 Å². The highest BCUT2D eigenvalue weighted by atomic mass is 19.3. The van der Waals surface area contributed by atoms with Crippen molar-refractivity contribution in [1.82, 2.24) is 0 Å². The largest absolute Gasteiger partial charge is 0.330 e. The van der Waals surface area contributed by atoms with Crippen LogP contribution in [0.3, 0.4) is 0 Å². The molecule has 0 atom stereocenters. The fraction of sp³-hybridized carbons (Fsp3) is 0.600. The zero-order chi connectivity index (χ0) is 13.8. The van der Waals surface area contributed by atoms with E-state index >= 15 is 0 Å². The molecule has 1 aromatic rings. The number of hydrogen-bond acceptors (Lipinski definition) is 1. The van der Waals surface area contributed by atoms with Gasteiger partial charge in [0, 0.05) is 12.0 Å². The molecule has 0 aliphatic carbocycles. The molecule has 0 unspecified atom stereocenters. The fourth-order valence-electron chi connectivity index (χ4n) is 1.95. The Kier molecular flexibility index (Phi) is 4.85. The first kappa shape index (κ1) is 15.1. The lowest BCUT2D eigenvalue weighted by Gasteiger charge is -2.23. The van der Waals surface area contributed by atoms with Gasteiger partial charge in [0.25, 0.3) is 5.92 Å². The first-order chi connectivity index (χ1) is 8.30. The highest BCUT2D eigenvalue weighted by Crippen LogP contribution is 2.33. The molecule has 2 N–H and O–H groups in total. The average molecular weight is 255 g/mol. The topological polar surface area (TPSA) is 26.0 Å². The molecule has 0 radical (unpaired) electrons. The summed E-state index contributed by atoms with van der Waals surface area (Å²) in [4.78, 5) is 0. The van der Waals surface area contributed by atoms with Crippen molar-refractivity contribution in [2.75, 3.05) is 6.54 Å². The normalized spacial score (nSPS) is 12.8. The lowest BCUT2D eigenvalue weighted by Crippen LogP contribution is -2.25. The van der Waals surface area contributed by atoms with Gasteiger partial charge in [0.05, 0.1) is 0 Å². The van der Waals surface area contributed by atoms with E-state index < -0.39 is 5.92 Å². The van der Waals surface area contributed by atoms with Gasteiger partial charge in [0.15, 0.2) is 0 Å². The summed E-state index contributed by atoms with van der Waals surface area (Å²) in [6.07, 6.45) is 1.19. The third kappa shape index (κ3) is 4.05. The van der Waals surface area contributed by atoms with Crippen molar-refractivity contribution in [3.05, 3.63) is 35.4 Å².